The van der Waals surface area contributed by atoms with Crippen LogP contribution in [0.1, 0.15) is 22.4 Å². The molecule has 0 aliphatic heterocycles. The Morgan fingerprint density at radius 3 is 2.45 bits per heavy atom. The second-order valence-corrected chi connectivity index (χ2v) is 7.99. The Labute approximate surface area is 190 Å². The first-order valence-corrected chi connectivity index (χ1v) is 10.5. The van der Waals surface area contributed by atoms with E-state index in [9.17, 15) is 14.4 Å². The van der Waals surface area contributed by atoms with Gasteiger partial charge in [0.25, 0.3) is 5.56 Å². The molecule has 0 atom stereocenters. The van der Waals surface area contributed by atoms with Gasteiger partial charge in [-0.05, 0) is 56.2 Å². The molecule has 0 radical (unpaired) electrons. The van der Waals surface area contributed by atoms with Crippen molar-refractivity contribution in [3.63, 3.8) is 0 Å². The summed E-state index contributed by atoms with van der Waals surface area (Å²) in [6.45, 7) is 5.39. The summed E-state index contributed by atoms with van der Waals surface area (Å²) in [4.78, 5) is 38.6. The molecule has 1 amide bonds. The molecule has 4 aromatic rings. The predicted molar refractivity (Wildman–Crippen MR) is 127 cm³/mol. The smallest absolute Gasteiger partial charge is 0.340 e. The Kier molecular flexibility index (Phi) is 5.68. The fourth-order valence-electron chi connectivity index (χ4n) is 4.06. The molecule has 0 aliphatic rings. The quantitative estimate of drug-likeness (QED) is 0.473. The van der Waals surface area contributed by atoms with E-state index in [2.05, 4.69) is 5.32 Å². The maximum Gasteiger partial charge on any atom is 0.340 e. The van der Waals surface area contributed by atoms with E-state index < -0.39 is 11.5 Å². The molecule has 170 valence electrons. The van der Waals surface area contributed by atoms with Crippen LogP contribution >= 0.6 is 0 Å². The molecule has 0 spiro atoms. The number of fused-ring (bicyclic) bond motifs is 1. The first kappa shape index (κ1) is 22.1. The van der Waals surface area contributed by atoms with Gasteiger partial charge in [0.15, 0.2) is 0 Å². The summed E-state index contributed by atoms with van der Waals surface area (Å²) in [5, 5.41) is 3.34. The lowest BCUT2D eigenvalue weighted by molar-refractivity contribution is -0.115. The van der Waals surface area contributed by atoms with Crippen LogP contribution in [0.5, 0.6) is 5.75 Å². The van der Waals surface area contributed by atoms with Crippen LogP contribution < -0.4 is 21.2 Å². The van der Waals surface area contributed by atoms with Crippen molar-refractivity contribution in [3.8, 4) is 11.4 Å². The number of aromatic nitrogens is 2. The zero-order valence-electron chi connectivity index (χ0n) is 19.2. The highest BCUT2D eigenvalue weighted by Gasteiger charge is 2.21. The molecule has 33 heavy (non-hydrogen) atoms. The van der Waals surface area contributed by atoms with Gasteiger partial charge in [-0.25, -0.2) is 9.48 Å². The summed E-state index contributed by atoms with van der Waals surface area (Å²) in [5.74, 6) is 0.0828. The van der Waals surface area contributed by atoms with Gasteiger partial charge in [-0.1, -0.05) is 18.2 Å². The van der Waals surface area contributed by atoms with E-state index in [0.717, 1.165) is 5.56 Å². The van der Waals surface area contributed by atoms with Crippen molar-refractivity contribution < 1.29 is 13.9 Å². The van der Waals surface area contributed by atoms with E-state index in [4.69, 9.17) is 9.15 Å². The Hall–Kier alpha value is -4.07. The van der Waals surface area contributed by atoms with Crippen LogP contribution in [-0.4, -0.2) is 22.4 Å². The first-order chi connectivity index (χ1) is 15.7. The lowest BCUT2D eigenvalue weighted by Gasteiger charge is -2.12. The third kappa shape index (κ3) is 3.84. The van der Waals surface area contributed by atoms with Gasteiger partial charge in [-0.15, -0.1) is 0 Å². The topological polar surface area (TPSA) is 95.5 Å². The number of methoxy groups -OCH3 is 1. The van der Waals surface area contributed by atoms with Crippen molar-refractivity contribution >= 4 is 22.6 Å². The van der Waals surface area contributed by atoms with Crippen LogP contribution in [0.15, 0.2) is 56.5 Å². The Balaban J connectivity index is 1.70. The number of para-hydroxylation sites is 1. The van der Waals surface area contributed by atoms with Gasteiger partial charge in [0, 0.05) is 7.05 Å². The number of nitrogens with zero attached hydrogens (tertiary/aromatic N) is 2. The lowest BCUT2D eigenvalue weighted by Crippen LogP contribution is -2.25. The lowest BCUT2D eigenvalue weighted by atomic mass is 10.0. The summed E-state index contributed by atoms with van der Waals surface area (Å²) < 4.78 is 14.1. The summed E-state index contributed by atoms with van der Waals surface area (Å²) in [5.41, 5.74) is 2.63. The first-order valence-electron chi connectivity index (χ1n) is 10.5. The normalized spacial score (nSPS) is 11.1. The monoisotopic (exact) mass is 447 g/mol. The molecular weight excluding hydrogens is 422 g/mol. The molecular formula is C25H25N3O5. The summed E-state index contributed by atoms with van der Waals surface area (Å²) in [6.07, 6.45) is -0.236. The van der Waals surface area contributed by atoms with Gasteiger partial charge in [-0.3, -0.25) is 14.3 Å². The molecule has 0 saturated heterocycles. The number of nitrogens with one attached hydrogen (secondary N) is 1. The molecule has 0 fully saturated rings. The minimum atomic E-state index is -0.589. The van der Waals surface area contributed by atoms with Crippen molar-refractivity contribution in [1.29, 1.82) is 0 Å². The largest absolute Gasteiger partial charge is 0.496 e. The molecule has 8 heteroatoms. The number of amides is 1. The number of rotatable bonds is 5. The van der Waals surface area contributed by atoms with E-state index in [1.165, 1.54) is 4.68 Å². The van der Waals surface area contributed by atoms with Crippen LogP contribution in [0.2, 0.25) is 0 Å². The number of benzene rings is 2. The predicted octanol–water partition coefficient (Wildman–Crippen LogP) is 3.40. The molecule has 2 aromatic carbocycles. The van der Waals surface area contributed by atoms with E-state index in [1.54, 1.807) is 38.8 Å². The van der Waals surface area contributed by atoms with Gasteiger partial charge in [0.05, 0.1) is 35.9 Å². The average molecular weight is 447 g/mol. The molecule has 0 saturated carbocycles. The second-order valence-electron chi connectivity index (χ2n) is 7.99. The van der Waals surface area contributed by atoms with Crippen molar-refractivity contribution in [3.05, 3.63) is 85.6 Å². The number of aryl methyl sites for hydroxylation is 2. The van der Waals surface area contributed by atoms with Crippen molar-refractivity contribution in [1.82, 2.24) is 9.36 Å². The minimum Gasteiger partial charge on any atom is -0.496 e. The third-order valence-corrected chi connectivity index (χ3v) is 5.86. The van der Waals surface area contributed by atoms with Crippen LogP contribution in [0.4, 0.5) is 5.69 Å². The second kappa shape index (κ2) is 8.46. The van der Waals surface area contributed by atoms with Crippen molar-refractivity contribution in [2.24, 2.45) is 7.05 Å². The van der Waals surface area contributed by atoms with Crippen LogP contribution in [0, 0.1) is 20.8 Å². The standard InChI is InChI=1S/C25H25N3O5/c1-14-11-19(32-5)22-15(2)18(25(31)33-20(22)12-14)13-21(29)26-23-16(3)27(4)28(24(23)30)17-9-7-6-8-10-17/h6-12H,13H2,1-5H3,(H,26,29). The molecule has 1 N–H and O–H groups in total. The average Bonchev–Trinajstić information content (AvgIpc) is 2.99. The summed E-state index contributed by atoms with van der Waals surface area (Å²) >= 11 is 0. The Morgan fingerprint density at radius 2 is 1.79 bits per heavy atom. The molecule has 2 aromatic heterocycles. The van der Waals surface area contributed by atoms with Crippen molar-refractivity contribution in [2.45, 2.75) is 27.2 Å². The maximum absolute atomic E-state index is 13.1. The Bertz CT molecular complexity index is 1490. The Morgan fingerprint density at radius 1 is 1.09 bits per heavy atom. The fraction of sp³-hybridized carbons (Fsp3) is 0.240. The summed E-state index contributed by atoms with van der Waals surface area (Å²) in [6, 6.07) is 12.8. The third-order valence-electron chi connectivity index (χ3n) is 5.86. The van der Waals surface area contributed by atoms with Crippen LogP contribution in [0.3, 0.4) is 0 Å². The van der Waals surface area contributed by atoms with E-state index in [1.807, 2.05) is 43.3 Å². The maximum atomic E-state index is 13.1. The highest BCUT2D eigenvalue weighted by atomic mass is 16.5. The number of hydrogen-bond donors (Lipinski definition) is 1. The van der Waals surface area contributed by atoms with E-state index in [0.29, 0.717) is 33.7 Å². The van der Waals surface area contributed by atoms with Gasteiger partial charge in [-0.2, -0.15) is 0 Å². The number of carbonyl (C=O) groups is 1. The number of hydrogen-bond acceptors (Lipinski definition) is 5. The minimum absolute atomic E-state index is 0.169. The highest BCUT2D eigenvalue weighted by Crippen LogP contribution is 2.31. The highest BCUT2D eigenvalue weighted by molar-refractivity contribution is 5.94. The zero-order valence-corrected chi connectivity index (χ0v) is 19.2. The van der Waals surface area contributed by atoms with Gasteiger partial charge >= 0.3 is 5.63 Å². The van der Waals surface area contributed by atoms with Crippen LogP contribution in [-0.2, 0) is 18.3 Å². The number of anilines is 1. The molecule has 2 heterocycles. The fourth-order valence-corrected chi connectivity index (χ4v) is 4.06. The van der Waals surface area contributed by atoms with Crippen LogP contribution in [0.25, 0.3) is 16.7 Å². The number of carbonyl (C=O) groups excluding carboxylic acids is 1. The van der Waals surface area contributed by atoms with Gasteiger partial charge in [0.1, 0.15) is 17.0 Å². The SMILES string of the molecule is COc1cc(C)cc2oc(=O)c(CC(=O)Nc3c(C)n(C)n(-c4ccccc4)c3=O)c(C)c12. The van der Waals surface area contributed by atoms with Gasteiger partial charge < -0.3 is 14.5 Å². The molecule has 4 rings (SSSR count). The zero-order chi connectivity index (χ0) is 23.9. The molecule has 0 unspecified atom stereocenters. The summed E-state index contributed by atoms with van der Waals surface area (Å²) in [7, 11) is 3.29. The van der Waals surface area contributed by atoms with E-state index >= 15 is 0 Å². The van der Waals surface area contributed by atoms with Gasteiger partial charge in [0.2, 0.25) is 5.91 Å². The van der Waals surface area contributed by atoms with E-state index in [-0.39, 0.29) is 23.2 Å². The number of ether oxygens (including phenoxy) is 1. The molecule has 8 nitrogen and oxygen atoms in total. The molecule has 0 aliphatic carbocycles. The molecule has 0 bridgehead atoms. The van der Waals surface area contributed by atoms with Crippen molar-refractivity contribution in [2.75, 3.05) is 12.4 Å².